The first kappa shape index (κ1) is 12.5. The maximum atomic E-state index is 10.8. The number of carbonyl (C=O) groups excluding carboxylic acids is 1. The molecule has 0 saturated carbocycles. The number of halogens is 1. The second kappa shape index (κ2) is 5.16. The summed E-state index contributed by atoms with van der Waals surface area (Å²) in [4.78, 5) is 21.3. The quantitative estimate of drug-likeness (QED) is 0.484. The number of ether oxygens (including phenoxy) is 1. The maximum absolute atomic E-state index is 10.8. The third-order valence-corrected chi connectivity index (χ3v) is 3.25. The van der Waals surface area contributed by atoms with Crippen molar-refractivity contribution in [1.29, 1.82) is 0 Å². The largest absolute Gasteiger partial charge is 0.438 e. The van der Waals surface area contributed by atoms with E-state index in [1.165, 1.54) is 18.2 Å². The zero-order valence-electron chi connectivity index (χ0n) is 8.83. The van der Waals surface area contributed by atoms with Gasteiger partial charge in [0.05, 0.1) is 14.8 Å². The monoisotopic (exact) mass is 283 g/mol. The van der Waals surface area contributed by atoms with E-state index in [1.807, 2.05) is 0 Å². The number of benzene rings is 1. The number of carbonyl (C=O) groups is 1. The number of hydrogen-bond acceptors (Lipinski definition) is 5. The fraction of sp³-hybridized carbons (Fsp3) is 0. The number of hydrogen-bond donors (Lipinski definition) is 0. The number of nitro groups is 1. The molecule has 0 bridgehead atoms. The molecule has 0 spiro atoms. The van der Waals surface area contributed by atoms with Gasteiger partial charge < -0.3 is 4.74 Å². The van der Waals surface area contributed by atoms with E-state index >= 15 is 0 Å². The molecule has 7 heteroatoms. The van der Waals surface area contributed by atoms with Gasteiger partial charge in [0, 0.05) is 6.07 Å². The lowest BCUT2D eigenvalue weighted by Gasteiger charge is -2.05. The van der Waals surface area contributed by atoms with E-state index in [4.69, 9.17) is 16.3 Å². The molecule has 1 aromatic carbocycles. The number of rotatable bonds is 4. The molecule has 0 radical (unpaired) electrons. The van der Waals surface area contributed by atoms with Crippen LogP contribution in [0.1, 0.15) is 9.67 Å². The van der Waals surface area contributed by atoms with Gasteiger partial charge in [-0.2, -0.15) is 0 Å². The van der Waals surface area contributed by atoms with Crippen molar-refractivity contribution in [2.75, 3.05) is 0 Å². The molecule has 0 aliphatic heterocycles. The van der Waals surface area contributed by atoms with Gasteiger partial charge in [0.1, 0.15) is 0 Å². The number of nitrogens with zero attached hydrogens (tertiary/aromatic N) is 1. The highest BCUT2D eigenvalue weighted by Crippen LogP contribution is 2.39. The van der Waals surface area contributed by atoms with E-state index < -0.39 is 4.92 Å². The van der Waals surface area contributed by atoms with Crippen LogP contribution in [-0.4, -0.2) is 11.2 Å². The minimum atomic E-state index is -0.574. The molecular formula is C11H6ClNO4S. The van der Waals surface area contributed by atoms with Crippen LogP contribution in [0.4, 0.5) is 5.69 Å². The Bertz CT molecular complexity index is 611. The van der Waals surface area contributed by atoms with E-state index in [2.05, 4.69) is 0 Å². The van der Waals surface area contributed by atoms with Crippen LogP contribution < -0.4 is 4.74 Å². The predicted octanol–water partition coefficient (Wildman–Crippen LogP) is 3.91. The molecular weight excluding hydrogens is 278 g/mol. The SMILES string of the molecule is O=Cc1ccc(Oc2c(Cl)cccc2[N+](=O)[O-])s1. The Morgan fingerprint density at radius 2 is 2.11 bits per heavy atom. The van der Waals surface area contributed by atoms with Crippen molar-refractivity contribution < 1.29 is 14.5 Å². The van der Waals surface area contributed by atoms with Crippen LogP contribution in [0, 0.1) is 10.1 Å². The molecule has 0 unspecified atom stereocenters. The number of nitro benzene ring substituents is 1. The number of aldehydes is 1. The normalized spacial score (nSPS) is 10.1. The molecule has 0 atom stereocenters. The molecule has 0 saturated heterocycles. The Kier molecular flexibility index (Phi) is 3.59. The van der Waals surface area contributed by atoms with Crippen molar-refractivity contribution >= 4 is 34.9 Å². The summed E-state index contributed by atoms with van der Waals surface area (Å²) < 4.78 is 5.37. The van der Waals surface area contributed by atoms with Gasteiger partial charge in [-0.1, -0.05) is 29.0 Å². The summed E-state index contributed by atoms with van der Waals surface area (Å²) in [6, 6.07) is 7.39. The van der Waals surface area contributed by atoms with Gasteiger partial charge in [-0.05, 0) is 18.2 Å². The molecule has 2 rings (SSSR count). The molecule has 5 nitrogen and oxygen atoms in total. The van der Waals surface area contributed by atoms with Crippen LogP contribution >= 0.6 is 22.9 Å². The third kappa shape index (κ3) is 2.49. The van der Waals surface area contributed by atoms with E-state index in [9.17, 15) is 14.9 Å². The molecule has 92 valence electrons. The van der Waals surface area contributed by atoms with E-state index in [0.717, 1.165) is 11.3 Å². The molecule has 0 fully saturated rings. The lowest BCUT2D eigenvalue weighted by molar-refractivity contribution is -0.385. The van der Waals surface area contributed by atoms with E-state index in [-0.39, 0.29) is 16.5 Å². The molecule has 0 N–H and O–H groups in total. The smallest absolute Gasteiger partial charge is 0.313 e. The second-order valence-electron chi connectivity index (χ2n) is 3.22. The van der Waals surface area contributed by atoms with Gasteiger partial charge in [-0.25, -0.2) is 0 Å². The summed E-state index contributed by atoms with van der Waals surface area (Å²) in [6.07, 6.45) is 0.679. The molecule has 0 aliphatic carbocycles. The van der Waals surface area contributed by atoms with Crippen LogP contribution in [0.15, 0.2) is 30.3 Å². The Morgan fingerprint density at radius 1 is 1.33 bits per heavy atom. The van der Waals surface area contributed by atoms with Crippen molar-refractivity contribution in [3.8, 4) is 10.8 Å². The lowest BCUT2D eigenvalue weighted by Crippen LogP contribution is -1.93. The van der Waals surface area contributed by atoms with Crippen molar-refractivity contribution in [3.05, 3.63) is 50.3 Å². The van der Waals surface area contributed by atoms with Crippen LogP contribution in [0.25, 0.3) is 0 Å². The van der Waals surface area contributed by atoms with Gasteiger partial charge in [0.15, 0.2) is 11.3 Å². The van der Waals surface area contributed by atoms with Crippen molar-refractivity contribution in [1.82, 2.24) is 0 Å². The van der Waals surface area contributed by atoms with Crippen molar-refractivity contribution in [3.63, 3.8) is 0 Å². The molecule has 18 heavy (non-hydrogen) atoms. The van der Waals surface area contributed by atoms with Crippen molar-refractivity contribution in [2.24, 2.45) is 0 Å². The topological polar surface area (TPSA) is 69.4 Å². The fourth-order valence-electron chi connectivity index (χ4n) is 1.30. The Labute approximate surface area is 111 Å². The van der Waals surface area contributed by atoms with Gasteiger partial charge in [0.2, 0.25) is 5.75 Å². The van der Waals surface area contributed by atoms with Gasteiger partial charge in [-0.3, -0.25) is 14.9 Å². The zero-order valence-corrected chi connectivity index (χ0v) is 10.4. The van der Waals surface area contributed by atoms with E-state index in [1.54, 1.807) is 12.1 Å². The highest BCUT2D eigenvalue weighted by atomic mass is 35.5. The van der Waals surface area contributed by atoms with Crippen LogP contribution in [0.2, 0.25) is 5.02 Å². The third-order valence-electron chi connectivity index (χ3n) is 2.06. The molecule has 0 aliphatic rings. The minimum absolute atomic E-state index is 0.0246. The summed E-state index contributed by atoms with van der Waals surface area (Å²) in [5, 5.41) is 11.4. The molecule has 0 amide bonds. The summed E-state index contributed by atoms with van der Waals surface area (Å²) in [5.41, 5.74) is -0.219. The summed E-state index contributed by atoms with van der Waals surface area (Å²) in [5.74, 6) is -0.0246. The highest BCUT2D eigenvalue weighted by molar-refractivity contribution is 7.15. The Balaban J connectivity index is 2.38. The average Bonchev–Trinajstić information content (AvgIpc) is 2.79. The van der Waals surface area contributed by atoms with Gasteiger partial charge >= 0.3 is 5.69 Å². The zero-order chi connectivity index (χ0) is 13.1. The Morgan fingerprint density at radius 3 is 2.72 bits per heavy atom. The number of para-hydroxylation sites is 1. The lowest BCUT2D eigenvalue weighted by atomic mass is 10.3. The maximum Gasteiger partial charge on any atom is 0.313 e. The van der Waals surface area contributed by atoms with Crippen LogP contribution in [0.5, 0.6) is 10.8 Å². The second-order valence-corrected chi connectivity index (χ2v) is 4.71. The standard InChI is InChI=1S/C11H6ClNO4S/c12-8-2-1-3-9(13(15)16)11(8)17-10-5-4-7(6-14)18-10/h1-6H. The predicted molar refractivity (Wildman–Crippen MR) is 67.9 cm³/mol. The number of thiophene rings is 1. The highest BCUT2D eigenvalue weighted by Gasteiger charge is 2.19. The average molecular weight is 284 g/mol. The first-order chi connectivity index (χ1) is 8.61. The first-order valence-corrected chi connectivity index (χ1v) is 5.97. The summed E-state index contributed by atoms with van der Waals surface area (Å²) >= 11 is 6.96. The summed E-state index contributed by atoms with van der Waals surface area (Å²) in [6.45, 7) is 0. The van der Waals surface area contributed by atoms with Crippen LogP contribution in [-0.2, 0) is 0 Å². The minimum Gasteiger partial charge on any atom is -0.438 e. The first-order valence-electron chi connectivity index (χ1n) is 4.77. The molecule has 2 aromatic rings. The van der Waals surface area contributed by atoms with Gasteiger partial charge in [-0.15, -0.1) is 0 Å². The molecule has 1 heterocycles. The van der Waals surface area contributed by atoms with E-state index in [0.29, 0.717) is 16.2 Å². The molecule has 1 aromatic heterocycles. The van der Waals surface area contributed by atoms with Crippen LogP contribution in [0.3, 0.4) is 0 Å². The van der Waals surface area contributed by atoms with Crippen molar-refractivity contribution in [2.45, 2.75) is 0 Å². The van der Waals surface area contributed by atoms with Gasteiger partial charge in [0.25, 0.3) is 0 Å². The fourth-order valence-corrected chi connectivity index (χ4v) is 2.18. The Hall–Kier alpha value is -1.92. The summed E-state index contributed by atoms with van der Waals surface area (Å²) in [7, 11) is 0.